The summed E-state index contributed by atoms with van der Waals surface area (Å²) in [6.45, 7) is 5.27. The van der Waals surface area contributed by atoms with Gasteiger partial charge in [-0.1, -0.05) is 65.3 Å². The van der Waals surface area contributed by atoms with Crippen LogP contribution in [0.4, 0.5) is 0 Å². The van der Waals surface area contributed by atoms with Gasteiger partial charge in [-0.3, -0.25) is 0 Å². The van der Waals surface area contributed by atoms with E-state index in [4.69, 9.17) is 4.52 Å². The maximum atomic E-state index is 5.49. The Hall–Kier alpha value is -2.46. The summed E-state index contributed by atoms with van der Waals surface area (Å²) in [6, 6.07) is 19.1. The number of nitrogens with one attached hydrogen (secondary N) is 1. The highest BCUT2D eigenvalue weighted by Crippen LogP contribution is 2.18. The van der Waals surface area contributed by atoms with Gasteiger partial charge in [-0.15, -0.1) is 0 Å². The Morgan fingerprint density at radius 1 is 1.00 bits per heavy atom. The SMILES string of the molecule is Cc1ccc(-c2noc(C[NH+]3CCC(Cc4ccccc4)CC3)n2)cc1. The minimum absolute atomic E-state index is 0.693. The first-order valence-corrected chi connectivity index (χ1v) is 9.53. The molecule has 0 atom stereocenters. The zero-order valence-corrected chi connectivity index (χ0v) is 15.3. The maximum absolute atomic E-state index is 5.49. The topological polar surface area (TPSA) is 43.4 Å². The fourth-order valence-electron chi connectivity index (χ4n) is 3.77. The van der Waals surface area contributed by atoms with Crippen molar-refractivity contribution in [3.63, 3.8) is 0 Å². The van der Waals surface area contributed by atoms with Crippen LogP contribution in [0.3, 0.4) is 0 Å². The van der Waals surface area contributed by atoms with E-state index in [0.717, 1.165) is 23.9 Å². The van der Waals surface area contributed by atoms with Crippen LogP contribution in [-0.2, 0) is 13.0 Å². The highest BCUT2D eigenvalue weighted by Gasteiger charge is 2.24. The molecule has 0 aliphatic carbocycles. The molecule has 3 aromatic rings. The number of aryl methyl sites for hydroxylation is 1. The van der Waals surface area contributed by atoms with Crippen molar-refractivity contribution in [1.82, 2.24) is 10.1 Å². The third-order valence-electron chi connectivity index (χ3n) is 5.36. The van der Waals surface area contributed by atoms with E-state index in [0.29, 0.717) is 5.82 Å². The van der Waals surface area contributed by atoms with Crippen LogP contribution < -0.4 is 4.90 Å². The fourth-order valence-corrected chi connectivity index (χ4v) is 3.77. The Bertz CT molecular complexity index is 818. The maximum Gasteiger partial charge on any atom is 0.282 e. The summed E-state index contributed by atoms with van der Waals surface area (Å²) in [5.74, 6) is 2.24. The summed E-state index contributed by atoms with van der Waals surface area (Å²) in [7, 11) is 0. The van der Waals surface area contributed by atoms with Gasteiger partial charge in [-0.05, 0) is 37.7 Å². The van der Waals surface area contributed by atoms with Crippen LogP contribution in [0.15, 0.2) is 59.1 Å². The third-order valence-corrected chi connectivity index (χ3v) is 5.36. The molecule has 4 heteroatoms. The van der Waals surface area contributed by atoms with E-state index in [1.165, 1.54) is 43.5 Å². The van der Waals surface area contributed by atoms with Gasteiger partial charge in [0.25, 0.3) is 5.89 Å². The predicted molar refractivity (Wildman–Crippen MR) is 102 cm³/mol. The van der Waals surface area contributed by atoms with Crippen LogP contribution in [0.5, 0.6) is 0 Å². The van der Waals surface area contributed by atoms with E-state index in [2.05, 4.69) is 59.5 Å². The summed E-state index contributed by atoms with van der Waals surface area (Å²) < 4.78 is 5.49. The molecule has 4 rings (SSSR count). The Morgan fingerprint density at radius 3 is 2.46 bits per heavy atom. The number of likely N-dealkylation sites (tertiary alicyclic amines) is 1. The minimum Gasteiger partial charge on any atom is -0.333 e. The summed E-state index contributed by atoms with van der Waals surface area (Å²) in [4.78, 5) is 6.14. The molecule has 1 aromatic heterocycles. The van der Waals surface area contributed by atoms with E-state index in [1.807, 2.05) is 12.1 Å². The van der Waals surface area contributed by atoms with E-state index in [-0.39, 0.29) is 0 Å². The highest BCUT2D eigenvalue weighted by atomic mass is 16.5. The number of piperidine rings is 1. The van der Waals surface area contributed by atoms with Crippen LogP contribution in [-0.4, -0.2) is 23.2 Å². The van der Waals surface area contributed by atoms with Crippen molar-refractivity contribution < 1.29 is 9.42 Å². The number of benzene rings is 2. The molecule has 0 bridgehead atoms. The van der Waals surface area contributed by atoms with Gasteiger partial charge >= 0.3 is 0 Å². The van der Waals surface area contributed by atoms with Gasteiger partial charge in [0.15, 0.2) is 6.54 Å². The molecule has 0 spiro atoms. The van der Waals surface area contributed by atoms with E-state index >= 15 is 0 Å². The van der Waals surface area contributed by atoms with Crippen molar-refractivity contribution in [2.24, 2.45) is 5.92 Å². The lowest BCUT2D eigenvalue weighted by Gasteiger charge is -2.28. The monoisotopic (exact) mass is 348 g/mol. The van der Waals surface area contributed by atoms with Crippen molar-refractivity contribution in [1.29, 1.82) is 0 Å². The van der Waals surface area contributed by atoms with Gasteiger partial charge in [0, 0.05) is 5.56 Å². The number of nitrogens with zero attached hydrogens (tertiary/aromatic N) is 2. The van der Waals surface area contributed by atoms with Crippen molar-refractivity contribution >= 4 is 0 Å². The standard InChI is InChI=1S/C22H25N3O/c1-17-7-9-20(10-8-17)22-23-21(26-24-22)16-25-13-11-19(12-14-25)15-18-5-3-2-4-6-18/h2-10,19H,11-16H2,1H3/p+1. The molecule has 2 aromatic carbocycles. The molecule has 0 radical (unpaired) electrons. The minimum atomic E-state index is 0.693. The van der Waals surface area contributed by atoms with Crippen molar-refractivity contribution in [2.75, 3.05) is 13.1 Å². The van der Waals surface area contributed by atoms with Crippen molar-refractivity contribution in [3.8, 4) is 11.4 Å². The first kappa shape index (κ1) is 17.0. The summed E-state index contributed by atoms with van der Waals surface area (Å²) in [5, 5.41) is 4.15. The molecule has 4 nitrogen and oxygen atoms in total. The molecule has 0 amide bonds. The molecule has 2 heterocycles. The average Bonchev–Trinajstić information content (AvgIpc) is 3.13. The largest absolute Gasteiger partial charge is 0.333 e. The highest BCUT2D eigenvalue weighted by molar-refractivity contribution is 5.54. The molecule has 134 valence electrons. The zero-order valence-electron chi connectivity index (χ0n) is 15.3. The molecule has 1 saturated heterocycles. The van der Waals surface area contributed by atoms with Crippen molar-refractivity contribution in [3.05, 3.63) is 71.6 Å². The second-order valence-electron chi connectivity index (χ2n) is 7.44. The first-order valence-electron chi connectivity index (χ1n) is 9.53. The molecular formula is C22H26N3O+. The van der Waals surface area contributed by atoms with Gasteiger partial charge in [0.05, 0.1) is 13.1 Å². The van der Waals surface area contributed by atoms with Crippen molar-refractivity contribution in [2.45, 2.75) is 32.7 Å². The molecule has 1 aliphatic heterocycles. The second-order valence-corrected chi connectivity index (χ2v) is 7.44. The lowest BCUT2D eigenvalue weighted by atomic mass is 9.90. The predicted octanol–water partition coefficient (Wildman–Crippen LogP) is 3.08. The molecular weight excluding hydrogens is 322 g/mol. The Balaban J connectivity index is 1.30. The van der Waals surface area contributed by atoms with Crippen LogP contribution in [0.2, 0.25) is 0 Å². The van der Waals surface area contributed by atoms with Crippen LogP contribution in [0.1, 0.15) is 29.9 Å². The van der Waals surface area contributed by atoms with Crippen LogP contribution in [0, 0.1) is 12.8 Å². The lowest BCUT2D eigenvalue weighted by molar-refractivity contribution is -0.921. The van der Waals surface area contributed by atoms with E-state index in [1.54, 1.807) is 4.90 Å². The van der Waals surface area contributed by atoms with Crippen LogP contribution in [0.25, 0.3) is 11.4 Å². The molecule has 1 aliphatic rings. The van der Waals surface area contributed by atoms with Gasteiger partial charge < -0.3 is 9.42 Å². The van der Waals surface area contributed by atoms with Gasteiger partial charge in [-0.25, -0.2) is 0 Å². The number of hydrogen-bond donors (Lipinski definition) is 1. The van der Waals surface area contributed by atoms with Gasteiger partial charge in [0.1, 0.15) is 0 Å². The normalized spacial score (nSPS) is 20.2. The Morgan fingerprint density at radius 2 is 1.73 bits per heavy atom. The third kappa shape index (κ3) is 4.20. The molecule has 26 heavy (non-hydrogen) atoms. The van der Waals surface area contributed by atoms with Crippen LogP contribution >= 0.6 is 0 Å². The molecule has 0 unspecified atom stereocenters. The fraction of sp³-hybridized carbons (Fsp3) is 0.364. The number of aromatic nitrogens is 2. The smallest absolute Gasteiger partial charge is 0.282 e. The van der Waals surface area contributed by atoms with Gasteiger partial charge in [-0.2, -0.15) is 4.98 Å². The Kier molecular flexibility index (Phi) is 5.12. The molecule has 0 saturated carbocycles. The lowest BCUT2D eigenvalue weighted by Crippen LogP contribution is -3.11. The second kappa shape index (κ2) is 7.83. The van der Waals surface area contributed by atoms with E-state index in [9.17, 15) is 0 Å². The molecule has 1 fully saturated rings. The molecule has 1 N–H and O–H groups in total. The zero-order chi connectivity index (χ0) is 17.8. The summed E-state index contributed by atoms with van der Waals surface area (Å²) in [6.07, 6.45) is 3.73. The summed E-state index contributed by atoms with van der Waals surface area (Å²) in [5.41, 5.74) is 3.71. The Labute approximate surface area is 154 Å². The summed E-state index contributed by atoms with van der Waals surface area (Å²) >= 11 is 0. The van der Waals surface area contributed by atoms with Gasteiger partial charge in [0.2, 0.25) is 5.82 Å². The number of rotatable bonds is 5. The number of hydrogen-bond acceptors (Lipinski definition) is 3. The first-order chi connectivity index (χ1) is 12.8. The average molecular weight is 348 g/mol. The number of quaternary nitrogens is 1. The van der Waals surface area contributed by atoms with E-state index < -0.39 is 0 Å². The quantitative estimate of drug-likeness (QED) is 0.771.